The largest absolute Gasteiger partial charge is 0.355 e. The number of fused-ring (bicyclic) bond motifs is 8. The van der Waals surface area contributed by atoms with Gasteiger partial charge in [-0.1, -0.05) is 180 Å². The van der Waals surface area contributed by atoms with Gasteiger partial charge in [0.05, 0.1) is 22.2 Å². The van der Waals surface area contributed by atoms with Gasteiger partial charge in [-0.05, 0) is 59.2 Å². The van der Waals surface area contributed by atoms with Crippen LogP contribution in [0.25, 0.3) is 92.3 Å². The van der Waals surface area contributed by atoms with E-state index in [9.17, 15) is 0 Å². The highest BCUT2D eigenvalue weighted by atomic mass is 32.1. The van der Waals surface area contributed by atoms with Gasteiger partial charge >= 0.3 is 0 Å². The molecule has 0 unspecified atom stereocenters. The molecule has 0 fully saturated rings. The van der Waals surface area contributed by atoms with Gasteiger partial charge in [0.1, 0.15) is 0 Å². The quantitative estimate of drug-likeness (QED) is 0.182. The molecule has 0 saturated heterocycles. The van der Waals surface area contributed by atoms with Crippen molar-refractivity contribution in [2.24, 2.45) is 0 Å². The van der Waals surface area contributed by atoms with E-state index < -0.39 is 0 Å². The zero-order valence-electron chi connectivity index (χ0n) is 34.4. The van der Waals surface area contributed by atoms with E-state index in [0.717, 1.165) is 50.1 Å². The Morgan fingerprint density at radius 3 is 1.73 bits per heavy atom. The first-order valence-corrected chi connectivity index (χ1v) is 21.7. The van der Waals surface area contributed by atoms with Crippen molar-refractivity contribution in [3.63, 3.8) is 0 Å². The highest BCUT2D eigenvalue weighted by Gasteiger charge is 2.23. The van der Waals surface area contributed by atoms with Crippen molar-refractivity contribution < 1.29 is 0 Å². The van der Waals surface area contributed by atoms with E-state index in [1.54, 1.807) is 0 Å². The second-order valence-corrected chi connectivity index (χ2v) is 15.6. The average molecular weight is 795 g/mol. The molecule has 0 bridgehead atoms. The van der Waals surface area contributed by atoms with Crippen LogP contribution in [0.1, 0.15) is 34.1 Å². The Balaban J connectivity index is 0.000000888. The first-order valence-electron chi connectivity index (χ1n) is 20.9. The summed E-state index contributed by atoms with van der Waals surface area (Å²) in [5.74, 6) is 0.657. The maximum atomic E-state index is 5.41. The van der Waals surface area contributed by atoms with Crippen LogP contribution >= 0.6 is 11.3 Å². The van der Waals surface area contributed by atoms with Crippen molar-refractivity contribution in [2.45, 2.75) is 34.1 Å². The molecule has 11 aromatic rings. The van der Waals surface area contributed by atoms with Gasteiger partial charge in [0.25, 0.3) is 0 Å². The van der Waals surface area contributed by atoms with E-state index in [0.29, 0.717) is 5.95 Å². The van der Waals surface area contributed by atoms with E-state index in [2.05, 4.69) is 206 Å². The molecule has 8 aromatic carbocycles. The number of nitrogens with zero attached hydrogens (tertiary/aromatic N) is 3. The number of anilines is 2. The van der Waals surface area contributed by atoms with E-state index in [4.69, 9.17) is 9.97 Å². The SMILES string of the molecule is CC.CCC.c1ccc(-c2ccc(Nc3ccc4sc5ccc6c7ccccc7n(-c7nc(-c8ccccc8)c8ccccc8n7)c6c5c4c3-c3ccccc3)cc2)cc1. The molecule has 0 spiro atoms. The Bertz CT molecular complexity index is 3220. The third kappa shape index (κ3) is 6.97. The molecule has 60 heavy (non-hydrogen) atoms. The lowest BCUT2D eigenvalue weighted by Gasteiger charge is -2.16. The van der Waals surface area contributed by atoms with Crippen molar-refractivity contribution in [2.75, 3.05) is 5.32 Å². The summed E-state index contributed by atoms with van der Waals surface area (Å²) in [6.45, 7) is 8.25. The second kappa shape index (κ2) is 17.0. The van der Waals surface area contributed by atoms with E-state index in [-0.39, 0.29) is 0 Å². The summed E-state index contributed by atoms with van der Waals surface area (Å²) in [5, 5.41) is 9.64. The van der Waals surface area contributed by atoms with E-state index in [1.807, 2.05) is 31.3 Å². The topological polar surface area (TPSA) is 42.7 Å². The maximum Gasteiger partial charge on any atom is 0.235 e. The minimum atomic E-state index is 0.657. The number of para-hydroxylation sites is 2. The molecule has 292 valence electrons. The molecule has 0 aliphatic carbocycles. The normalized spacial score (nSPS) is 11.1. The fourth-order valence-corrected chi connectivity index (χ4v) is 9.25. The van der Waals surface area contributed by atoms with Crippen LogP contribution in [-0.2, 0) is 0 Å². The molecule has 3 aromatic heterocycles. The average Bonchev–Trinajstić information content (AvgIpc) is 3.86. The molecule has 3 heterocycles. The van der Waals surface area contributed by atoms with Gasteiger partial charge in [-0.3, -0.25) is 4.57 Å². The lowest BCUT2D eigenvalue weighted by atomic mass is 9.96. The van der Waals surface area contributed by atoms with Gasteiger partial charge < -0.3 is 5.32 Å². The summed E-state index contributed by atoms with van der Waals surface area (Å²) in [4.78, 5) is 10.7. The Labute approximate surface area is 355 Å². The molecule has 0 amide bonds. The molecular weight excluding hydrogens is 749 g/mol. The van der Waals surface area contributed by atoms with Gasteiger partial charge in [-0.15, -0.1) is 11.3 Å². The Kier molecular flexibility index (Phi) is 10.9. The minimum Gasteiger partial charge on any atom is -0.355 e. The number of rotatable bonds is 6. The van der Waals surface area contributed by atoms with Crippen LogP contribution < -0.4 is 5.32 Å². The highest BCUT2D eigenvalue weighted by Crippen LogP contribution is 2.48. The summed E-state index contributed by atoms with van der Waals surface area (Å²) in [5.41, 5.74) is 11.9. The summed E-state index contributed by atoms with van der Waals surface area (Å²) in [6, 6.07) is 66.5. The molecule has 0 aliphatic rings. The zero-order chi connectivity index (χ0) is 41.0. The third-order valence-electron chi connectivity index (χ3n) is 10.6. The van der Waals surface area contributed by atoms with Crippen LogP contribution in [0.4, 0.5) is 11.4 Å². The summed E-state index contributed by atoms with van der Waals surface area (Å²) in [7, 11) is 0. The molecule has 5 heteroatoms. The summed E-state index contributed by atoms with van der Waals surface area (Å²) < 4.78 is 4.75. The van der Waals surface area contributed by atoms with Crippen molar-refractivity contribution in [1.29, 1.82) is 0 Å². The van der Waals surface area contributed by atoms with Gasteiger partial charge in [0, 0.05) is 58.8 Å². The highest BCUT2D eigenvalue weighted by molar-refractivity contribution is 7.26. The van der Waals surface area contributed by atoms with Crippen LogP contribution in [0.5, 0.6) is 0 Å². The van der Waals surface area contributed by atoms with Crippen LogP contribution in [0.3, 0.4) is 0 Å². The molecule has 11 rings (SSSR count). The van der Waals surface area contributed by atoms with Gasteiger partial charge in [-0.2, -0.15) is 0 Å². The number of nitrogens with one attached hydrogen (secondary N) is 1. The first-order chi connectivity index (χ1) is 29.7. The predicted octanol–water partition coefficient (Wildman–Crippen LogP) is 16.3. The third-order valence-corrected chi connectivity index (χ3v) is 11.7. The zero-order valence-corrected chi connectivity index (χ0v) is 35.2. The molecular formula is C55H46N4S. The van der Waals surface area contributed by atoms with Crippen LogP contribution in [0, 0.1) is 0 Å². The van der Waals surface area contributed by atoms with Crippen LogP contribution in [-0.4, -0.2) is 14.5 Å². The molecule has 4 nitrogen and oxygen atoms in total. The fourth-order valence-electron chi connectivity index (χ4n) is 8.13. The van der Waals surface area contributed by atoms with Crippen molar-refractivity contribution >= 4 is 75.6 Å². The lowest BCUT2D eigenvalue weighted by molar-refractivity contribution is 1.02. The monoisotopic (exact) mass is 794 g/mol. The lowest BCUT2D eigenvalue weighted by Crippen LogP contribution is -2.03. The number of aromatic nitrogens is 3. The van der Waals surface area contributed by atoms with Crippen molar-refractivity contribution in [3.8, 4) is 39.5 Å². The number of thiophene rings is 1. The molecule has 1 N–H and O–H groups in total. The van der Waals surface area contributed by atoms with Crippen molar-refractivity contribution in [3.05, 3.63) is 188 Å². The molecule has 0 aliphatic heterocycles. The number of hydrogen-bond donors (Lipinski definition) is 1. The maximum absolute atomic E-state index is 5.41. The van der Waals surface area contributed by atoms with Gasteiger partial charge in [0.15, 0.2) is 0 Å². The Morgan fingerprint density at radius 2 is 1.03 bits per heavy atom. The standard InChI is InChI=1S/C50H32N4S.C3H8.C2H6/c1-4-14-32(15-5-1)33-24-26-36(27-25-33)51-41-29-31-43-46(45(41)34-16-6-2-7-17-34)47-44(55-43)30-28-38-37-20-11-13-23-42(37)54(49(38)47)50-52-40-22-12-10-21-39(40)48(53-50)35-18-8-3-9-19-35;1-3-2;1-2/h1-31,51H;3H2,1-2H3;1-2H3. The van der Waals surface area contributed by atoms with Gasteiger partial charge in [-0.25, -0.2) is 9.97 Å². The van der Waals surface area contributed by atoms with Crippen molar-refractivity contribution in [1.82, 2.24) is 14.5 Å². The molecule has 0 atom stereocenters. The Hall–Kier alpha value is -7.08. The van der Waals surface area contributed by atoms with E-state index in [1.165, 1.54) is 54.1 Å². The molecule has 0 saturated carbocycles. The summed E-state index contributed by atoms with van der Waals surface area (Å²) in [6.07, 6.45) is 1.25. The first kappa shape index (κ1) is 38.4. The van der Waals surface area contributed by atoms with Crippen LogP contribution in [0.2, 0.25) is 0 Å². The number of benzene rings is 8. The van der Waals surface area contributed by atoms with E-state index >= 15 is 0 Å². The summed E-state index contributed by atoms with van der Waals surface area (Å²) >= 11 is 1.83. The predicted molar refractivity (Wildman–Crippen MR) is 260 cm³/mol. The minimum absolute atomic E-state index is 0.657. The van der Waals surface area contributed by atoms with Gasteiger partial charge in [0.2, 0.25) is 5.95 Å². The van der Waals surface area contributed by atoms with Crippen LogP contribution in [0.15, 0.2) is 188 Å². The smallest absolute Gasteiger partial charge is 0.235 e. The second-order valence-electron chi connectivity index (χ2n) is 14.5. The Morgan fingerprint density at radius 1 is 0.483 bits per heavy atom. The fraction of sp³-hybridized carbons (Fsp3) is 0.0909. The number of hydrogen-bond acceptors (Lipinski definition) is 4. The molecule has 0 radical (unpaired) electrons.